The molecular formula is C25H26ClN7O3. The van der Waals surface area contributed by atoms with Crippen molar-refractivity contribution in [2.75, 3.05) is 13.2 Å². The molecule has 1 fully saturated rings. The summed E-state index contributed by atoms with van der Waals surface area (Å²) in [7, 11) is 0. The van der Waals surface area contributed by atoms with Crippen molar-refractivity contribution in [1.29, 1.82) is 0 Å². The Labute approximate surface area is 212 Å². The first kappa shape index (κ1) is 23.8. The Kier molecular flexibility index (Phi) is 6.36. The van der Waals surface area contributed by atoms with Gasteiger partial charge < -0.3 is 25.1 Å². The highest BCUT2D eigenvalue weighted by Crippen LogP contribution is 2.41. The monoisotopic (exact) mass is 507 g/mol. The molecule has 0 atom stereocenters. The van der Waals surface area contributed by atoms with E-state index in [1.807, 2.05) is 29.7 Å². The van der Waals surface area contributed by atoms with Crippen LogP contribution in [0, 0.1) is 6.92 Å². The van der Waals surface area contributed by atoms with Crippen molar-refractivity contribution in [1.82, 2.24) is 29.8 Å². The average molecular weight is 508 g/mol. The molecule has 3 N–H and O–H groups in total. The Balaban J connectivity index is 1.53. The first-order valence-corrected chi connectivity index (χ1v) is 12.0. The van der Waals surface area contributed by atoms with Gasteiger partial charge in [-0.05, 0) is 62.6 Å². The molecule has 4 aromatic rings. The largest absolute Gasteiger partial charge is 0.492 e. The van der Waals surface area contributed by atoms with Crippen LogP contribution in [0.2, 0.25) is 5.02 Å². The van der Waals surface area contributed by atoms with E-state index in [9.17, 15) is 4.79 Å². The number of hydrogen-bond donors (Lipinski definition) is 2. The van der Waals surface area contributed by atoms with Crippen LogP contribution < -0.4 is 20.5 Å². The summed E-state index contributed by atoms with van der Waals surface area (Å²) in [5.74, 6) is 1.63. The van der Waals surface area contributed by atoms with E-state index >= 15 is 0 Å². The fourth-order valence-electron chi connectivity index (χ4n) is 3.81. The summed E-state index contributed by atoms with van der Waals surface area (Å²) in [5.41, 5.74) is 8.74. The van der Waals surface area contributed by atoms with Gasteiger partial charge in [0.2, 0.25) is 5.88 Å². The minimum absolute atomic E-state index is 0.219. The van der Waals surface area contributed by atoms with Crippen molar-refractivity contribution in [3.8, 4) is 23.0 Å². The Morgan fingerprint density at radius 3 is 2.78 bits per heavy atom. The number of pyridine rings is 1. The molecule has 1 aliphatic rings. The minimum Gasteiger partial charge on any atom is -0.492 e. The number of halogens is 1. The average Bonchev–Trinajstić information content (AvgIpc) is 3.45. The lowest BCUT2D eigenvalue weighted by Crippen LogP contribution is -2.32. The fourth-order valence-corrected chi connectivity index (χ4v) is 4.07. The predicted octanol–water partition coefficient (Wildman–Crippen LogP) is 3.88. The van der Waals surface area contributed by atoms with Crippen LogP contribution in [0.15, 0.2) is 42.9 Å². The lowest BCUT2D eigenvalue weighted by molar-refractivity contribution is 0.194. The number of benzene rings is 1. The van der Waals surface area contributed by atoms with Crippen LogP contribution in [-0.2, 0) is 6.54 Å². The van der Waals surface area contributed by atoms with E-state index in [-0.39, 0.29) is 18.8 Å². The van der Waals surface area contributed by atoms with E-state index in [1.54, 1.807) is 18.3 Å². The number of imidazole rings is 1. The molecule has 0 saturated heterocycles. The number of hydrogen-bond acceptors (Lipinski definition) is 7. The van der Waals surface area contributed by atoms with Gasteiger partial charge in [-0.1, -0.05) is 11.6 Å². The SMILES string of the molecule is Cc1ccnc(Cn2c(-c3ccc(OCCNC(N)=O)cc3Cl)nc3c(OC4(C)CC4)ncnc32)c1. The predicted molar refractivity (Wildman–Crippen MR) is 135 cm³/mol. The van der Waals surface area contributed by atoms with Crippen LogP contribution in [-0.4, -0.2) is 49.3 Å². The van der Waals surface area contributed by atoms with Crippen molar-refractivity contribution in [2.24, 2.45) is 5.73 Å². The highest BCUT2D eigenvalue weighted by Gasteiger charge is 2.41. The number of nitrogens with one attached hydrogen (secondary N) is 1. The maximum atomic E-state index is 10.8. The summed E-state index contributed by atoms with van der Waals surface area (Å²) in [6.45, 7) is 5.06. The number of primary amides is 1. The third-order valence-electron chi connectivity index (χ3n) is 5.94. The lowest BCUT2D eigenvalue weighted by atomic mass is 10.2. The van der Waals surface area contributed by atoms with Gasteiger partial charge in [-0.25, -0.2) is 14.8 Å². The zero-order valence-electron chi connectivity index (χ0n) is 20.0. The Hall–Kier alpha value is -3.92. The first-order valence-electron chi connectivity index (χ1n) is 11.6. The number of amides is 2. The molecule has 186 valence electrons. The summed E-state index contributed by atoms with van der Waals surface area (Å²) in [6, 6.07) is 8.74. The van der Waals surface area contributed by atoms with Crippen molar-refractivity contribution in [3.63, 3.8) is 0 Å². The van der Waals surface area contributed by atoms with Crippen LogP contribution in [0.25, 0.3) is 22.6 Å². The van der Waals surface area contributed by atoms with Crippen LogP contribution in [0.4, 0.5) is 4.79 Å². The third-order valence-corrected chi connectivity index (χ3v) is 6.25. The van der Waals surface area contributed by atoms with Crippen LogP contribution in [0.3, 0.4) is 0 Å². The Bertz CT molecular complexity index is 1430. The maximum Gasteiger partial charge on any atom is 0.312 e. The summed E-state index contributed by atoms with van der Waals surface area (Å²) in [5, 5.41) is 2.93. The molecule has 11 heteroatoms. The van der Waals surface area contributed by atoms with Gasteiger partial charge in [0.05, 0.1) is 23.8 Å². The smallest absolute Gasteiger partial charge is 0.312 e. The maximum absolute atomic E-state index is 10.8. The normalized spacial score (nSPS) is 14.0. The van der Waals surface area contributed by atoms with Crippen molar-refractivity contribution in [2.45, 2.75) is 38.8 Å². The fraction of sp³-hybridized carbons (Fsp3) is 0.320. The number of aryl methyl sites for hydroxylation is 1. The first-order chi connectivity index (χ1) is 17.3. The standard InChI is InChI=1S/C25H26ClN7O3/c1-15-5-8-28-16(11-15)13-33-21(18-4-3-17(12-19(18)26)35-10-9-29-24(27)34)32-20-22(33)30-14-31-23(20)36-25(2)6-7-25/h3-5,8,11-12,14H,6-7,9-10,13H2,1-2H3,(H3,27,29,34). The molecule has 36 heavy (non-hydrogen) atoms. The number of nitrogens with zero attached hydrogens (tertiary/aromatic N) is 5. The molecule has 0 spiro atoms. The lowest BCUT2D eigenvalue weighted by Gasteiger charge is -2.12. The topological polar surface area (TPSA) is 130 Å². The van der Waals surface area contributed by atoms with Crippen molar-refractivity contribution in [3.05, 3.63) is 59.1 Å². The third kappa shape index (κ3) is 5.18. The molecule has 0 bridgehead atoms. The number of rotatable bonds is 9. The van der Waals surface area contributed by atoms with Crippen molar-refractivity contribution < 1.29 is 14.3 Å². The highest BCUT2D eigenvalue weighted by molar-refractivity contribution is 6.33. The number of fused-ring (bicyclic) bond motifs is 1. The molecule has 1 saturated carbocycles. The number of aromatic nitrogens is 5. The second kappa shape index (κ2) is 9.62. The Morgan fingerprint density at radius 1 is 1.22 bits per heavy atom. The summed E-state index contributed by atoms with van der Waals surface area (Å²) in [4.78, 5) is 29.2. The Morgan fingerprint density at radius 2 is 2.06 bits per heavy atom. The molecule has 10 nitrogen and oxygen atoms in total. The van der Waals surface area contributed by atoms with Crippen LogP contribution in [0.1, 0.15) is 31.0 Å². The molecule has 3 aromatic heterocycles. The number of carbonyl (C=O) groups excluding carboxylic acids is 1. The van der Waals surface area contributed by atoms with E-state index < -0.39 is 6.03 Å². The minimum atomic E-state index is -0.601. The van der Waals surface area contributed by atoms with Crippen LogP contribution in [0.5, 0.6) is 11.6 Å². The second-order valence-corrected chi connectivity index (χ2v) is 9.44. The second-order valence-electron chi connectivity index (χ2n) is 9.03. The van der Waals surface area contributed by atoms with Crippen LogP contribution >= 0.6 is 11.6 Å². The van der Waals surface area contributed by atoms with Crippen molar-refractivity contribution >= 4 is 28.8 Å². The van der Waals surface area contributed by atoms with E-state index in [0.717, 1.165) is 24.1 Å². The summed E-state index contributed by atoms with van der Waals surface area (Å²) < 4.78 is 13.8. The molecule has 1 aromatic carbocycles. The molecule has 0 unspecified atom stereocenters. The number of ether oxygens (including phenoxy) is 2. The van der Waals surface area contributed by atoms with E-state index in [4.69, 9.17) is 31.8 Å². The molecule has 1 aliphatic carbocycles. The number of carbonyl (C=O) groups is 1. The number of nitrogens with two attached hydrogens (primary N) is 1. The molecule has 5 rings (SSSR count). The van der Waals surface area contributed by atoms with Gasteiger partial charge in [0.15, 0.2) is 11.2 Å². The number of urea groups is 1. The van der Waals surface area contributed by atoms with Gasteiger partial charge in [0.25, 0.3) is 0 Å². The van der Waals surface area contributed by atoms with Gasteiger partial charge in [0, 0.05) is 11.8 Å². The van der Waals surface area contributed by atoms with Gasteiger partial charge in [-0.3, -0.25) is 4.98 Å². The van der Waals surface area contributed by atoms with E-state index in [2.05, 4.69) is 27.2 Å². The van der Waals surface area contributed by atoms with Gasteiger partial charge in [0.1, 0.15) is 30.1 Å². The summed E-state index contributed by atoms with van der Waals surface area (Å²) >= 11 is 6.71. The molecule has 0 aliphatic heterocycles. The zero-order chi connectivity index (χ0) is 25.3. The molecule has 0 radical (unpaired) electrons. The molecule has 2 amide bonds. The van der Waals surface area contributed by atoms with Gasteiger partial charge >= 0.3 is 6.03 Å². The quantitative estimate of drug-likeness (QED) is 0.329. The van der Waals surface area contributed by atoms with Gasteiger partial charge in [-0.2, -0.15) is 4.98 Å². The molecular weight excluding hydrogens is 482 g/mol. The zero-order valence-corrected chi connectivity index (χ0v) is 20.7. The van der Waals surface area contributed by atoms with E-state index in [1.165, 1.54) is 6.33 Å². The molecule has 3 heterocycles. The van der Waals surface area contributed by atoms with E-state index in [0.29, 0.717) is 45.7 Å². The summed E-state index contributed by atoms with van der Waals surface area (Å²) in [6.07, 6.45) is 5.23. The van der Waals surface area contributed by atoms with Gasteiger partial charge in [-0.15, -0.1) is 0 Å². The highest BCUT2D eigenvalue weighted by atomic mass is 35.5.